The third kappa shape index (κ3) is 4.66. The molecule has 0 saturated carbocycles. The Morgan fingerprint density at radius 1 is 0.914 bits per heavy atom. The number of amides is 1. The lowest BCUT2D eigenvalue weighted by atomic mass is 9.78. The number of pyridine rings is 1. The van der Waals surface area contributed by atoms with Crippen LogP contribution in [0.4, 0.5) is 10.1 Å². The van der Waals surface area contributed by atoms with Crippen LogP contribution >= 0.6 is 0 Å². The number of anilines is 1. The van der Waals surface area contributed by atoms with Gasteiger partial charge in [-0.2, -0.15) is 0 Å². The topological polar surface area (TPSA) is 73.7 Å². The molecule has 35 heavy (non-hydrogen) atoms. The highest BCUT2D eigenvalue weighted by atomic mass is 19.1. The Bertz CT molecular complexity index is 1290. The molecular weight excluding hydrogens is 443 g/mol. The molecule has 0 radical (unpaired) electrons. The maximum atomic E-state index is 13.3. The molecule has 2 N–H and O–H groups in total. The number of hydrogen-bond donors (Lipinski definition) is 2. The van der Waals surface area contributed by atoms with Gasteiger partial charge in [0, 0.05) is 18.1 Å². The molecule has 176 valence electrons. The molecule has 0 bridgehead atoms. The molecule has 0 spiro atoms. The molecule has 1 amide bonds. The minimum absolute atomic E-state index is 0.0106. The first-order valence-electron chi connectivity index (χ1n) is 11.6. The van der Waals surface area contributed by atoms with Gasteiger partial charge in [-0.05, 0) is 77.6 Å². The number of halogens is 1. The number of aromatic hydroxyl groups is 1. The van der Waals surface area contributed by atoms with E-state index < -0.39 is 6.10 Å². The number of aromatic nitrogens is 1. The van der Waals surface area contributed by atoms with E-state index in [4.69, 9.17) is 0 Å². The molecule has 1 saturated heterocycles. The number of benzene rings is 3. The molecule has 1 fully saturated rings. The maximum Gasteiger partial charge on any atom is 0.233 e. The summed E-state index contributed by atoms with van der Waals surface area (Å²) in [6.07, 6.45) is 3.60. The SMILES string of the molecule is O=C1[C@H](CC[C@H](O)c2ccc(F)cc2)C(c2ccc(O)cc2)N1c1ccc(-c2cccnc2)cc1. The molecule has 6 heteroatoms. The van der Waals surface area contributed by atoms with Crippen LogP contribution in [0.15, 0.2) is 97.3 Å². The van der Waals surface area contributed by atoms with Crippen molar-refractivity contribution in [2.45, 2.75) is 25.0 Å². The monoisotopic (exact) mass is 468 g/mol. The van der Waals surface area contributed by atoms with Gasteiger partial charge in [0.05, 0.1) is 18.1 Å². The Morgan fingerprint density at radius 2 is 1.63 bits per heavy atom. The molecule has 1 aromatic heterocycles. The predicted molar refractivity (Wildman–Crippen MR) is 132 cm³/mol. The molecule has 5 nitrogen and oxygen atoms in total. The molecule has 1 unspecified atom stereocenters. The number of hydrogen-bond acceptors (Lipinski definition) is 4. The van der Waals surface area contributed by atoms with Crippen molar-refractivity contribution >= 4 is 11.6 Å². The lowest BCUT2D eigenvalue weighted by Crippen LogP contribution is -2.55. The Hall–Kier alpha value is -4.03. The van der Waals surface area contributed by atoms with Gasteiger partial charge in [0.25, 0.3) is 0 Å². The van der Waals surface area contributed by atoms with Crippen LogP contribution in [-0.2, 0) is 4.79 Å². The second kappa shape index (κ2) is 9.68. The highest BCUT2D eigenvalue weighted by molar-refractivity contribution is 6.03. The van der Waals surface area contributed by atoms with Gasteiger partial charge in [-0.15, -0.1) is 0 Å². The van der Waals surface area contributed by atoms with E-state index in [2.05, 4.69) is 4.98 Å². The normalized spacial score (nSPS) is 18.2. The van der Waals surface area contributed by atoms with E-state index in [-0.39, 0.29) is 29.4 Å². The van der Waals surface area contributed by atoms with Crippen molar-refractivity contribution in [3.63, 3.8) is 0 Å². The summed E-state index contributed by atoms with van der Waals surface area (Å²) in [5.74, 6) is -0.515. The number of nitrogens with zero attached hydrogens (tertiary/aromatic N) is 2. The molecule has 0 aliphatic carbocycles. The minimum atomic E-state index is -0.781. The summed E-state index contributed by atoms with van der Waals surface area (Å²) in [6, 6.07) is 24.1. The van der Waals surface area contributed by atoms with Crippen molar-refractivity contribution in [1.29, 1.82) is 0 Å². The first-order chi connectivity index (χ1) is 17.0. The molecule has 1 aliphatic heterocycles. The summed E-state index contributed by atoms with van der Waals surface area (Å²) >= 11 is 0. The Kier molecular flexibility index (Phi) is 6.29. The number of aliphatic hydroxyl groups excluding tert-OH is 1. The quantitative estimate of drug-likeness (QED) is 0.336. The Labute approximate surface area is 203 Å². The molecule has 2 heterocycles. The first kappa shape index (κ1) is 22.7. The van der Waals surface area contributed by atoms with Crippen LogP contribution < -0.4 is 4.90 Å². The van der Waals surface area contributed by atoms with Crippen molar-refractivity contribution < 1.29 is 19.4 Å². The van der Waals surface area contributed by atoms with E-state index >= 15 is 0 Å². The van der Waals surface area contributed by atoms with Crippen LogP contribution in [0.1, 0.15) is 36.1 Å². The molecule has 4 aromatic rings. The van der Waals surface area contributed by atoms with Gasteiger partial charge in [-0.25, -0.2) is 4.39 Å². The number of β-lactam (4-membered cyclic amide) rings is 1. The lowest BCUT2D eigenvalue weighted by molar-refractivity contribution is -0.131. The van der Waals surface area contributed by atoms with Gasteiger partial charge >= 0.3 is 0 Å². The molecule has 3 aromatic carbocycles. The van der Waals surface area contributed by atoms with E-state index in [1.54, 1.807) is 41.6 Å². The summed E-state index contributed by atoms with van der Waals surface area (Å²) in [6.45, 7) is 0. The van der Waals surface area contributed by atoms with Gasteiger partial charge in [-0.3, -0.25) is 9.78 Å². The second-order valence-corrected chi connectivity index (χ2v) is 8.78. The fourth-order valence-corrected chi connectivity index (χ4v) is 4.71. The van der Waals surface area contributed by atoms with Gasteiger partial charge in [-0.1, -0.05) is 42.5 Å². The largest absolute Gasteiger partial charge is 0.508 e. The molecular formula is C29H25FN2O3. The minimum Gasteiger partial charge on any atom is -0.508 e. The number of aliphatic hydroxyl groups is 1. The van der Waals surface area contributed by atoms with Crippen LogP contribution in [0.25, 0.3) is 11.1 Å². The average Bonchev–Trinajstić information content (AvgIpc) is 2.89. The number of carbonyl (C=O) groups excluding carboxylic acids is 1. The Morgan fingerprint density at radius 3 is 2.29 bits per heavy atom. The fourth-order valence-electron chi connectivity index (χ4n) is 4.71. The van der Waals surface area contributed by atoms with E-state index in [0.717, 1.165) is 22.4 Å². The molecule has 1 aliphatic rings. The zero-order chi connectivity index (χ0) is 24.4. The van der Waals surface area contributed by atoms with E-state index in [0.29, 0.717) is 18.4 Å². The summed E-state index contributed by atoms with van der Waals surface area (Å²) < 4.78 is 13.2. The smallest absolute Gasteiger partial charge is 0.233 e. The van der Waals surface area contributed by atoms with Crippen LogP contribution in [0, 0.1) is 11.7 Å². The first-order valence-corrected chi connectivity index (χ1v) is 11.6. The number of phenols is 1. The van der Waals surface area contributed by atoms with Crippen LogP contribution in [0.2, 0.25) is 0 Å². The van der Waals surface area contributed by atoms with Gasteiger partial charge in [0.1, 0.15) is 11.6 Å². The third-order valence-electron chi connectivity index (χ3n) is 6.59. The van der Waals surface area contributed by atoms with E-state index in [9.17, 15) is 19.4 Å². The second-order valence-electron chi connectivity index (χ2n) is 8.78. The average molecular weight is 469 g/mol. The van der Waals surface area contributed by atoms with Crippen molar-refractivity contribution in [3.8, 4) is 16.9 Å². The number of phenolic OH excluding ortho intramolecular Hbond substituents is 1. The van der Waals surface area contributed by atoms with E-state index in [1.165, 1.54) is 12.1 Å². The van der Waals surface area contributed by atoms with Crippen LogP contribution in [0.5, 0.6) is 5.75 Å². The summed E-state index contributed by atoms with van der Waals surface area (Å²) in [5.41, 5.74) is 4.34. The number of carbonyl (C=O) groups is 1. The fraction of sp³-hybridized carbons (Fsp3) is 0.172. The van der Waals surface area contributed by atoms with Gasteiger partial charge < -0.3 is 15.1 Å². The van der Waals surface area contributed by atoms with Gasteiger partial charge in [0.2, 0.25) is 5.91 Å². The predicted octanol–water partition coefficient (Wildman–Crippen LogP) is 5.81. The third-order valence-corrected chi connectivity index (χ3v) is 6.59. The van der Waals surface area contributed by atoms with E-state index in [1.807, 2.05) is 48.5 Å². The Balaban J connectivity index is 1.37. The highest BCUT2D eigenvalue weighted by Gasteiger charge is 2.48. The summed E-state index contributed by atoms with van der Waals surface area (Å²) in [4.78, 5) is 19.2. The van der Waals surface area contributed by atoms with Crippen molar-refractivity contribution in [3.05, 3.63) is 114 Å². The maximum absolute atomic E-state index is 13.3. The summed E-state index contributed by atoms with van der Waals surface area (Å²) in [5, 5.41) is 20.3. The van der Waals surface area contributed by atoms with Crippen molar-refractivity contribution in [2.24, 2.45) is 5.92 Å². The molecule has 5 rings (SSSR count). The summed E-state index contributed by atoms with van der Waals surface area (Å²) in [7, 11) is 0. The zero-order valence-electron chi connectivity index (χ0n) is 19.0. The zero-order valence-corrected chi connectivity index (χ0v) is 19.0. The van der Waals surface area contributed by atoms with Crippen LogP contribution in [0.3, 0.4) is 0 Å². The highest BCUT2D eigenvalue weighted by Crippen LogP contribution is 2.46. The lowest BCUT2D eigenvalue weighted by Gasteiger charge is -2.48. The van der Waals surface area contributed by atoms with Crippen LogP contribution in [-0.4, -0.2) is 21.1 Å². The van der Waals surface area contributed by atoms with Crippen molar-refractivity contribution in [2.75, 3.05) is 4.90 Å². The molecule has 3 atom stereocenters. The van der Waals surface area contributed by atoms with Crippen molar-refractivity contribution in [1.82, 2.24) is 4.98 Å². The number of rotatable bonds is 7. The van der Waals surface area contributed by atoms with Gasteiger partial charge in [0.15, 0.2) is 0 Å². The standard InChI is InChI=1S/C29H25FN2O3/c30-23-9-3-20(4-10-23)27(34)16-15-26-28(21-7-13-25(33)14-8-21)32(29(26)35)24-11-5-19(6-12-24)22-2-1-17-31-18-22/h1-14,17-18,26-28,33-34H,15-16H2/t26-,27+,28?/m1/s1.